The smallest absolute Gasteiger partial charge is 0.262 e. The number of nitrogens with two attached hydrogens (primary N) is 1. The summed E-state index contributed by atoms with van der Waals surface area (Å²) < 4.78 is 26.2. The maximum Gasteiger partial charge on any atom is 0.262 e. The van der Waals surface area contributed by atoms with E-state index in [1.807, 2.05) is 6.92 Å². The van der Waals surface area contributed by atoms with E-state index in [0.29, 0.717) is 13.0 Å². The van der Waals surface area contributed by atoms with Crippen LogP contribution in [0.5, 0.6) is 0 Å². The van der Waals surface area contributed by atoms with Gasteiger partial charge in [0.15, 0.2) is 5.03 Å². The van der Waals surface area contributed by atoms with Crippen LogP contribution in [-0.4, -0.2) is 42.0 Å². The number of piperidine rings is 1. The van der Waals surface area contributed by atoms with Gasteiger partial charge in [0.05, 0.1) is 11.8 Å². The zero-order valence-electron chi connectivity index (χ0n) is 10.7. The molecule has 2 rings (SSSR count). The van der Waals surface area contributed by atoms with Crippen molar-refractivity contribution in [3.8, 4) is 0 Å². The lowest BCUT2D eigenvalue weighted by atomic mass is 9.98. The summed E-state index contributed by atoms with van der Waals surface area (Å²) in [4.78, 5) is 3.89. The van der Waals surface area contributed by atoms with Crippen LogP contribution in [0.3, 0.4) is 0 Å². The lowest BCUT2D eigenvalue weighted by Crippen LogP contribution is -2.46. The van der Waals surface area contributed by atoms with Crippen LogP contribution in [0.15, 0.2) is 23.4 Å². The van der Waals surface area contributed by atoms with Crippen LogP contribution >= 0.6 is 0 Å². The quantitative estimate of drug-likeness (QED) is 0.522. The molecule has 8 heteroatoms. The molecule has 106 valence electrons. The summed E-state index contributed by atoms with van der Waals surface area (Å²) in [7, 11) is -3.74. The van der Waals surface area contributed by atoms with Gasteiger partial charge in [0, 0.05) is 19.3 Å². The van der Waals surface area contributed by atoms with Crippen molar-refractivity contribution < 1.29 is 13.5 Å². The second-order valence-corrected chi connectivity index (χ2v) is 6.55. The molecule has 1 aliphatic rings. The monoisotopic (exact) mass is 286 g/mol. The fourth-order valence-electron chi connectivity index (χ4n) is 2.07. The Morgan fingerprint density at radius 2 is 2.32 bits per heavy atom. The number of aliphatic hydroxyl groups is 1. The number of hydrazine groups is 1. The standard InChI is InChI=1S/C11H18N4O3S/c1-8-4-6-15(7-10(8)16)19(17,18)11-9(14-12)3-2-5-13-11/h2-3,5,8,10,14,16H,4,6-7,12H2,1H3. The van der Waals surface area contributed by atoms with E-state index < -0.39 is 16.1 Å². The predicted molar refractivity (Wildman–Crippen MR) is 70.6 cm³/mol. The van der Waals surface area contributed by atoms with Gasteiger partial charge < -0.3 is 10.5 Å². The molecule has 0 saturated carbocycles. The van der Waals surface area contributed by atoms with E-state index >= 15 is 0 Å². The summed E-state index contributed by atoms with van der Waals surface area (Å²) in [5.74, 6) is 5.40. The number of nitrogens with zero attached hydrogens (tertiary/aromatic N) is 2. The number of anilines is 1. The van der Waals surface area contributed by atoms with Gasteiger partial charge in [-0.3, -0.25) is 5.84 Å². The fraction of sp³-hybridized carbons (Fsp3) is 0.545. The number of β-amino-alcohol motifs (C(OH)–C–C–N with tert-alkyl or cyclic N) is 1. The molecule has 19 heavy (non-hydrogen) atoms. The highest BCUT2D eigenvalue weighted by molar-refractivity contribution is 7.89. The third-order valence-electron chi connectivity index (χ3n) is 3.39. The van der Waals surface area contributed by atoms with Crippen LogP contribution in [0.25, 0.3) is 0 Å². The Hall–Kier alpha value is -1.22. The van der Waals surface area contributed by atoms with Crippen molar-refractivity contribution in [3.63, 3.8) is 0 Å². The maximum atomic E-state index is 12.5. The van der Waals surface area contributed by atoms with Gasteiger partial charge in [-0.25, -0.2) is 13.4 Å². The number of aromatic nitrogens is 1. The number of pyridine rings is 1. The highest BCUT2D eigenvalue weighted by Crippen LogP contribution is 2.26. The van der Waals surface area contributed by atoms with Gasteiger partial charge in [0.25, 0.3) is 10.0 Å². The molecule has 4 N–H and O–H groups in total. The van der Waals surface area contributed by atoms with E-state index in [-0.39, 0.29) is 23.2 Å². The number of hydrogen-bond acceptors (Lipinski definition) is 6. The zero-order chi connectivity index (χ0) is 14.0. The highest BCUT2D eigenvalue weighted by Gasteiger charge is 2.34. The van der Waals surface area contributed by atoms with Crippen LogP contribution in [0.1, 0.15) is 13.3 Å². The van der Waals surface area contributed by atoms with Crippen molar-refractivity contribution in [2.24, 2.45) is 11.8 Å². The second-order valence-electron chi connectivity index (χ2n) is 4.70. The minimum atomic E-state index is -3.74. The molecule has 0 amide bonds. The summed E-state index contributed by atoms with van der Waals surface area (Å²) >= 11 is 0. The molecule has 1 aliphatic heterocycles. The van der Waals surface area contributed by atoms with Crippen LogP contribution in [0.2, 0.25) is 0 Å². The van der Waals surface area contributed by atoms with Gasteiger partial charge >= 0.3 is 0 Å². The second kappa shape index (κ2) is 5.41. The third-order valence-corrected chi connectivity index (χ3v) is 5.22. The number of rotatable bonds is 3. The van der Waals surface area contributed by atoms with Gasteiger partial charge in [0.2, 0.25) is 0 Å². The fourth-order valence-corrected chi connectivity index (χ4v) is 3.60. The summed E-state index contributed by atoms with van der Waals surface area (Å²) in [6.07, 6.45) is 1.37. The lowest BCUT2D eigenvalue weighted by molar-refractivity contribution is 0.0604. The van der Waals surface area contributed by atoms with Crippen LogP contribution in [0.4, 0.5) is 5.69 Å². The topological polar surface area (TPSA) is 109 Å². The molecule has 0 bridgehead atoms. The lowest BCUT2D eigenvalue weighted by Gasteiger charge is -2.33. The molecular formula is C11H18N4O3S. The van der Waals surface area contributed by atoms with E-state index in [4.69, 9.17) is 5.84 Å². The van der Waals surface area contributed by atoms with Crippen molar-refractivity contribution in [2.75, 3.05) is 18.5 Å². The van der Waals surface area contributed by atoms with E-state index in [2.05, 4.69) is 10.4 Å². The van der Waals surface area contributed by atoms with Crippen molar-refractivity contribution >= 4 is 15.7 Å². The summed E-state index contributed by atoms with van der Waals surface area (Å²) in [5.41, 5.74) is 2.58. The average molecular weight is 286 g/mol. The molecule has 1 saturated heterocycles. The van der Waals surface area contributed by atoms with Gasteiger partial charge in [0.1, 0.15) is 0 Å². The average Bonchev–Trinajstić information content (AvgIpc) is 2.41. The Kier molecular flexibility index (Phi) is 4.04. The van der Waals surface area contributed by atoms with E-state index in [9.17, 15) is 13.5 Å². The Balaban J connectivity index is 2.32. The molecule has 1 aromatic heterocycles. The maximum absolute atomic E-state index is 12.5. The molecule has 0 aromatic carbocycles. The first kappa shape index (κ1) is 14.2. The molecule has 0 radical (unpaired) electrons. The SMILES string of the molecule is CC1CCN(S(=O)(=O)c2ncccc2NN)CC1O. The van der Waals surface area contributed by atoms with E-state index in [0.717, 1.165) is 0 Å². The molecule has 0 spiro atoms. The summed E-state index contributed by atoms with van der Waals surface area (Å²) in [6.45, 7) is 2.37. The number of nitrogen functional groups attached to an aromatic ring is 1. The van der Waals surface area contributed by atoms with Crippen molar-refractivity contribution in [3.05, 3.63) is 18.3 Å². The first-order chi connectivity index (χ1) is 8.96. The molecule has 2 unspecified atom stereocenters. The van der Waals surface area contributed by atoms with Crippen molar-refractivity contribution in [2.45, 2.75) is 24.5 Å². The minimum absolute atomic E-state index is 0.0874. The van der Waals surface area contributed by atoms with Crippen molar-refractivity contribution in [1.29, 1.82) is 0 Å². The van der Waals surface area contributed by atoms with Gasteiger partial charge in [-0.15, -0.1) is 0 Å². The summed E-state index contributed by atoms with van der Waals surface area (Å²) in [5, 5.41) is 9.71. The van der Waals surface area contributed by atoms with Crippen molar-refractivity contribution in [1.82, 2.24) is 9.29 Å². The number of sulfonamides is 1. The van der Waals surface area contributed by atoms with Crippen LogP contribution in [0, 0.1) is 5.92 Å². The first-order valence-electron chi connectivity index (χ1n) is 6.06. The molecule has 1 aromatic rings. The number of nitrogens with one attached hydrogen (secondary N) is 1. The highest BCUT2D eigenvalue weighted by atomic mass is 32.2. The Bertz CT molecular complexity index is 549. The third kappa shape index (κ3) is 2.71. The molecule has 1 fully saturated rings. The van der Waals surface area contributed by atoms with Crippen LogP contribution < -0.4 is 11.3 Å². The van der Waals surface area contributed by atoms with Gasteiger partial charge in [-0.05, 0) is 24.5 Å². The Morgan fingerprint density at radius 1 is 1.58 bits per heavy atom. The van der Waals surface area contributed by atoms with E-state index in [1.54, 1.807) is 12.1 Å². The van der Waals surface area contributed by atoms with E-state index in [1.165, 1.54) is 10.5 Å². The molecule has 2 heterocycles. The number of hydrogen-bond donors (Lipinski definition) is 3. The van der Waals surface area contributed by atoms with Gasteiger partial charge in [-0.1, -0.05) is 6.92 Å². The Labute approximate surface area is 112 Å². The van der Waals surface area contributed by atoms with Gasteiger partial charge in [-0.2, -0.15) is 4.31 Å². The zero-order valence-corrected chi connectivity index (χ0v) is 11.5. The molecule has 2 atom stereocenters. The Morgan fingerprint density at radius 3 is 2.95 bits per heavy atom. The molecule has 0 aliphatic carbocycles. The normalized spacial score (nSPS) is 25.2. The molecular weight excluding hydrogens is 268 g/mol. The summed E-state index contributed by atoms with van der Waals surface area (Å²) in [6, 6.07) is 3.14. The molecule has 7 nitrogen and oxygen atoms in total. The minimum Gasteiger partial charge on any atom is -0.391 e. The predicted octanol–water partition coefficient (Wildman–Crippen LogP) is -0.241. The first-order valence-corrected chi connectivity index (χ1v) is 7.50. The van der Waals surface area contributed by atoms with Crippen LogP contribution in [-0.2, 0) is 10.0 Å². The largest absolute Gasteiger partial charge is 0.391 e. The number of aliphatic hydroxyl groups excluding tert-OH is 1.